The van der Waals surface area contributed by atoms with Crippen LogP contribution < -0.4 is 15.4 Å². The third-order valence-electron chi connectivity index (χ3n) is 4.26. The van der Waals surface area contributed by atoms with Crippen LogP contribution in [0.1, 0.15) is 18.4 Å². The second-order valence-electron chi connectivity index (χ2n) is 6.49. The van der Waals surface area contributed by atoms with Crippen molar-refractivity contribution in [2.45, 2.75) is 24.5 Å². The summed E-state index contributed by atoms with van der Waals surface area (Å²) in [6.07, 6.45) is 3.41. The fraction of sp³-hybridized carbons (Fsp3) is 0.579. The second-order valence-corrected chi connectivity index (χ2v) is 7.90. The number of aliphatic imine (C=N–C) groups is 1. The van der Waals surface area contributed by atoms with Gasteiger partial charge in [-0.25, -0.2) is 4.99 Å². The van der Waals surface area contributed by atoms with Gasteiger partial charge in [0.05, 0.1) is 7.11 Å². The largest absolute Gasteiger partial charge is 0.497 e. The average Bonchev–Trinajstić information content (AvgIpc) is 3.17. The van der Waals surface area contributed by atoms with E-state index in [0.29, 0.717) is 11.2 Å². The molecule has 2 rings (SSSR count). The number of amides is 1. The molecule has 0 bridgehead atoms. The molecule has 6 nitrogen and oxygen atoms in total. The molecule has 1 aliphatic heterocycles. The van der Waals surface area contributed by atoms with Gasteiger partial charge in [-0.2, -0.15) is 11.8 Å². The number of likely N-dealkylation sites (N-methyl/N-ethyl adjacent to an activating group) is 1. The molecule has 1 saturated heterocycles. The lowest BCUT2D eigenvalue weighted by Gasteiger charge is -2.16. The molecule has 7 heteroatoms. The quantitative estimate of drug-likeness (QED) is 0.533. The van der Waals surface area contributed by atoms with Gasteiger partial charge in [-0.1, -0.05) is 12.1 Å². The Labute approximate surface area is 160 Å². The van der Waals surface area contributed by atoms with Crippen LogP contribution in [0.4, 0.5) is 0 Å². The van der Waals surface area contributed by atoms with Crippen molar-refractivity contribution >= 4 is 23.6 Å². The minimum Gasteiger partial charge on any atom is -0.497 e. The number of nitrogens with zero attached hydrogens (tertiary/aromatic N) is 2. The predicted molar refractivity (Wildman–Crippen MR) is 109 cm³/mol. The van der Waals surface area contributed by atoms with E-state index >= 15 is 0 Å². The zero-order chi connectivity index (χ0) is 18.8. The Hall–Kier alpha value is -1.89. The second kappa shape index (κ2) is 11.0. The highest BCUT2D eigenvalue weighted by Gasteiger charge is 2.15. The molecular weight excluding hydrogens is 348 g/mol. The average molecular weight is 379 g/mol. The first-order valence-electron chi connectivity index (χ1n) is 9.05. The van der Waals surface area contributed by atoms with E-state index in [1.165, 1.54) is 24.2 Å². The van der Waals surface area contributed by atoms with Crippen LogP contribution in [0.5, 0.6) is 5.75 Å². The van der Waals surface area contributed by atoms with E-state index in [4.69, 9.17) is 4.74 Å². The topological polar surface area (TPSA) is 66.0 Å². The normalized spacial score (nSPS) is 17.0. The summed E-state index contributed by atoms with van der Waals surface area (Å²) in [5.41, 5.74) is 1.23. The number of carbonyl (C=O) groups is 1. The van der Waals surface area contributed by atoms with E-state index in [9.17, 15) is 4.79 Å². The molecule has 1 aromatic rings. The zero-order valence-corrected chi connectivity index (χ0v) is 16.8. The number of thioether (sulfide) groups is 1. The van der Waals surface area contributed by atoms with Gasteiger partial charge in [-0.15, -0.1) is 0 Å². The van der Waals surface area contributed by atoms with Crippen molar-refractivity contribution in [1.29, 1.82) is 0 Å². The van der Waals surface area contributed by atoms with Crippen LogP contribution in [0.2, 0.25) is 0 Å². The maximum Gasteiger partial charge on any atom is 0.243 e. The number of guanidine groups is 1. The van der Waals surface area contributed by atoms with Crippen LogP contribution in [0.3, 0.4) is 0 Å². The minimum atomic E-state index is -0.00324. The molecule has 144 valence electrons. The molecule has 2 N–H and O–H groups in total. The zero-order valence-electron chi connectivity index (χ0n) is 16.0. The molecular formula is C19H30N4O2S. The van der Waals surface area contributed by atoms with Crippen LogP contribution in [-0.4, -0.2) is 68.6 Å². The Morgan fingerprint density at radius 2 is 2.08 bits per heavy atom. The smallest absolute Gasteiger partial charge is 0.243 e. The van der Waals surface area contributed by atoms with Crippen LogP contribution in [0.15, 0.2) is 29.3 Å². The van der Waals surface area contributed by atoms with Crippen LogP contribution in [-0.2, 0) is 11.2 Å². The maximum atomic E-state index is 11.8. The molecule has 1 aromatic carbocycles. The number of hydrogen-bond acceptors (Lipinski definition) is 4. The Morgan fingerprint density at radius 3 is 2.69 bits per heavy atom. The first-order chi connectivity index (χ1) is 12.6. The summed E-state index contributed by atoms with van der Waals surface area (Å²) in [5, 5.41) is 7.36. The lowest BCUT2D eigenvalue weighted by atomic mass is 10.1. The fourth-order valence-corrected chi connectivity index (χ4v) is 3.80. The maximum absolute atomic E-state index is 11.8. The molecule has 0 saturated carbocycles. The van der Waals surface area contributed by atoms with Crippen molar-refractivity contribution in [3.8, 4) is 5.75 Å². The highest BCUT2D eigenvalue weighted by molar-refractivity contribution is 8.00. The van der Waals surface area contributed by atoms with E-state index in [1.54, 1.807) is 26.1 Å². The van der Waals surface area contributed by atoms with Crippen molar-refractivity contribution in [3.05, 3.63) is 29.8 Å². The lowest BCUT2D eigenvalue weighted by Crippen LogP contribution is -2.41. The number of benzene rings is 1. The van der Waals surface area contributed by atoms with Crippen LogP contribution in [0, 0.1) is 0 Å². The summed E-state index contributed by atoms with van der Waals surface area (Å²) in [4.78, 5) is 17.8. The number of ether oxygens (including phenoxy) is 1. The Kier molecular flexibility index (Phi) is 8.61. The SMILES string of the molecule is COc1ccc(CCNC(=NCC(=O)N(C)C)NCC2CCCS2)cc1. The molecule has 1 atom stereocenters. The molecule has 1 heterocycles. The predicted octanol–water partition coefficient (Wildman–Crippen LogP) is 1.76. The number of nitrogens with one attached hydrogen (secondary N) is 2. The first-order valence-corrected chi connectivity index (χ1v) is 10.1. The molecule has 0 spiro atoms. The summed E-state index contributed by atoms with van der Waals surface area (Å²) in [5.74, 6) is 2.81. The third-order valence-corrected chi connectivity index (χ3v) is 5.66. The Bertz CT molecular complexity index is 584. The van der Waals surface area contributed by atoms with Gasteiger partial charge in [0.25, 0.3) is 0 Å². The number of hydrogen-bond donors (Lipinski definition) is 2. The molecule has 0 aliphatic carbocycles. The molecule has 1 unspecified atom stereocenters. The van der Waals surface area contributed by atoms with Gasteiger partial charge >= 0.3 is 0 Å². The van der Waals surface area contributed by atoms with Crippen molar-refractivity contribution in [2.75, 3.05) is 46.6 Å². The van der Waals surface area contributed by atoms with Gasteiger partial charge in [-0.05, 0) is 42.7 Å². The van der Waals surface area contributed by atoms with Gasteiger partial charge in [0, 0.05) is 32.4 Å². The minimum absolute atomic E-state index is 0.00324. The third kappa shape index (κ3) is 7.15. The highest BCUT2D eigenvalue weighted by Crippen LogP contribution is 2.25. The molecule has 0 aromatic heterocycles. The van der Waals surface area contributed by atoms with E-state index < -0.39 is 0 Å². The first kappa shape index (κ1) is 20.4. The van der Waals surface area contributed by atoms with E-state index in [0.717, 1.165) is 25.3 Å². The van der Waals surface area contributed by atoms with Crippen LogP contribution in [0.25, 0.3) is 0 Å². The highest BCUT2D eigenvalue weighted by atomic mass is 32.2. The van der Waals surface area contributed by atoms with Crippen molar-refractivity contribution in [3.63, 3.8) is 0 Å². The Morgan fingerprint density at radius 1 is 1.31 bits per heavy atom. The number of rotatable bonds is 8. The number of methoxy groups -OCH3 is 1. The van der Waals surface area contributed by atoms with Crippen LogP contribution >= 0.6 is 11.8 Å². The number of carbonyl (C=O) groups excluding carboxylic acids is 1. The Balaban J connectivity index is 1.84. The summed E-state index contributed by atoms with van der Waals surface area (Å²) in [6.45, 7) is 1.80. The molecule has 0 radical (unpaired) electrons. The van der Waals surface area contributed by atoms with Gasteiger partial charge in [-0.3, -0.25) is 4.79 Å². The molecule has 1 aliphatic rings. The van der Waals surface area contributed by atoms with Crippen molar-refractivity contribution < 1.29 is 9.53 Å². The fourth-order valence-electron chi connectivity index (χ4n) is 2.60. The lowest BCUT2D eigenvalue weighted by molar-refractivity contribution is -0.127. The summed E-state index contributed by atoms with van der Waals surface area (Å²) < 4.78 is 5.18. The van der Waals surface area contributed by atoms with E-state index in [1.807, 2.05) is 23.9 Å². The molecule has 26 heavy (non-hydrogen) atoms. The van der Waals surface area contributed by atoms with Crippen molar-refractivity contribution in [1.82, 2.24) is 15.5 Å². The van der Waals surface area contributed by atoms with E-state index in [-0.39, 0.29) is 12.5 Å². The van der Waals surface area contributed by atoms with Crippen molar-refractivity contribution in [2.24, 2.45) is 4.99 Å². The summed E-state index contributed by atoms with van der Waals surface area (Å²) in [6, 6.07) is 8.07. The van der Waals surface area contributed by atoms with Gasteiger partial charge in [0.1, 0.15) is 12.3 Å². The monoisotopic (exact) mass is 378 g/mol. The summed E-state index contributed by atoms with van der Waals surface area (Å²) >= 11 is 2.01. The van der Waals surface area contributed by atoms with E-state index in [2.05, 4.69) is 27.8 Å². The van der Waals surface area contributed by atoms with Gasteiger partial charge in [0.2, 0.25) is 5.91 Å². The van der Waals surface area contributed by atoms with Gasteiger partial charge < -0.3 is 20.3 Å². The van der Waals surface area contributed by atoms with Gasteiger partial charge in [0.15, 0.2) is 5.96 Å². The standard InChI is InChI=1S/C19H30N4O2S/c1-23(2)18(24)14-22-19(21-13-17-5-4-12-26-17)20-11-10-15-6-8-16(25-3)9-7-15/h6-9,17H,4-5,10-14H2,1-3H3,(H2,20,21,22). The molecule has 1 fully saturated rings. The molecule has 1 amide bonds. The summed E-state index contributed by atoms with van der Waals surface area (Å²) in [7, 11) is 5.16.